The number of ether oxygens (including phenoxy) is 2. The van der Waals surface area contributed by atoms with Gasteiger partial charge in [0.25, 0.3) is 0 Å². The average Bonchev–Trinajstić information content (AvgIpc) is 3.02. The molecule has 0 spiro atoms. The molecule has 44 heavy (non-hydrogen) atoms. The van der Waals surface area contributed by atoms with Crippen LogP contribution in [0.4, 0.5) is 0 Å². The van der Waals surface area contributed by atoms with E-state index in [0.29, 0.717) is 35.0 Å². The fourth-order valence-electron chi connectivity index (χ4n) is 4.76. The molecular weight excluding hydrogens is 626 g/mol. The molecule has 4 aliphatic rings. The summed E-state index contributed by atoms with van der Waals surface area (Å²) in [5.41, 5.74) is 5.09. The highest BCUT2D eigenvalue weighted by atomic mass is 79.9. The van der Waals surface area contributed by atoms with Crippen LogP contribution in [0.2, 0.25) is 0 Å². The van der Waals surface area contributed by atoms with Gasteiger partial charge in [0.2, 0.25) is 0 Å². The number of nitrogens with zero attached hydrogens (tertiary/aromatic N) is 1. The maximum absolute atomic E-state index is 11.7. The van der Waals surface area contributed by atoms with E-state index in [1.807, 2.05) is 42.5 Å². The third-order valence-corrected chi connectivity index (χ3v) is 7.05. The zero-order chi connectivity index (χ0) is 29.9. The lowest BCUT2D eigenvalue weighted by Gasteiger charge is -2.15. The number of phenols is 1. The summed E-state index contributed by atoms with van der Waals surface area (Å²) in [5, 5.41) is 11.4. The number of halogens is 1. The van der Waals surface area contributed by atoms with E-state index in [2.05, 4.69) is 20.9 Å². The Morgan fingerprint density at radius 2 is 1.48 bits per heavy atom. The van der Waals surface area contributed by atoms with E-state index < -0.39 is 0 Å². The van der Waals surface area contributed by atoms with Gasteiger partial charge in [0, 0.05) is 46.1 Å². The van der Waals surface area contributed by atoms with E-state index in [1.165, 1.54) is 24.3 Å². The molecule has 222 valence electrons. The van der Waals surface area contributed by atoms with Crippen LogP contribution in [0.5, 0.6) is 17.2 Å². The number of aromatic nitrogens is 1. The van der Waals surface area contributed by atoms with Crippen molar-refractivity contribution in [1.82, 2.24) is 4.98 Å². The van der Waals surface area contributed by atoms with Crippen molar-refractivity contribution in [2.75, 3.05) is 19.0 Å². The summed E-state index contributed by atoms with van der Waals surface area (Å²) in [4.78, 5) is 27.4. The largest absolute Gasteiger partial charge is 0.508 e. The Morgan fingerprint density at radius 3 is 2.23 bits per heavy atom. The maximum atomic E-state index is 11.7. The molecule has 3 aromatic carbocycles. The van der Waals surface area contributed by atoms with Crippen LogP contribution in [-0.4, -0.2) is 29.1 Å². The summed E-state index contributed by atoms with van der Waals surface area (Å²) in [5.74, 6) is 2.58. The first-order valence-electron chi connectivity index (χ1n) is 13.3. The molecule has 0 atom stereocenters. The van der Waals surface area contributed by atoms with Crippen molar-refractivity contribution in [3.8, 4) is 51.2 Å². The highest BCUT2D eigenvalue weighted by Crippen LogP contribution is 2.41. The number of benzene rings is 5. The summed E-state index contributed by atoms with van der Waals surface area (Å²) >= 11 is 3.30. The van der Waals surface area contributed by atoms with E-state index in [4.69, 9.17) is 18.3 Å². The summed E-state index contributed by atoms with van der Waals surface area (Å²) in [6.45, 7) is 0.581. The summed E-state index contributed by atoms with van der Waals surface area (Å²) in [6, 6.07) is 27.5. The van der Waals surface area contributed by atoms with Crippen LogP contribution in [-0.2, 0) is 0 Å². The fourth-order valence-corrected chi connectivity index (χ4v) is 4.92. The molecule has 3 aromatic rings. The number of alkyl halides is 1. The van der Waals surface area contributed by atoms with Crippen LogP contribution < -0.4 is 20.3 Å². The minimum Gasteiger partial charge on any atom is -0.508 e. The van der Waals surface area contributed by atoms with Crippen molar-refractivity contribution in [2.24, 2.45) is 0 Å². The van der Waals surface area contributed by atoms with Crippen molar-refractivity contribution in [3.05, 3.63) is 118 Å². The zero-order valence-electron chi connectivity index (χ0n) is 22.9. The first-order valence-corrected chi connectivity index (χ1v) is 14.4. The quantitative estimate of drug-likeness (QED) is 0.147. The molecule has 8 nitrogen and oxygen atoms in total. The topological polar surface area (TPSA) is 112 Å². The Hall–Kier alpha value is -5.15. The first-order chi connectivity index (χ1) is 20.9. The molecule has 9 heteroatoms. The monoisotopic (exact) mass is 653 g/mol. The van der Waals surface area contributed by atoms with Crippen LogP contribution in [0.25, 0.3) is 56.0 Å². The maximum Gasteiger partial charge on any atom is 0.182 e. The molecule has 2 aliphatic carbocycles. The second-order valence-corrected chi connectivity index (χ2v) is 10.3. The lowest BCUT2D eigenvalue weighted by Crippen LogP contribution is -2.00. The lowest BCUT2D eigenvalue weighted by molar-refractivity contribution is 0.345. The highest BCUT2D eigenvalue weighted by molar-refractivity contribution is 9.09. The standard InChI is InChI=1S/C20H14O4.C14H10BrNO3.CH4/c1-23-15-6-2-12(3-7-15)20-16-8-4-13(21)10-18(16)24-19-11-14(22)5-9-17(19)20;15-5-6-18-10-2-4-12-14(8-10)19-13-7-9(17)1-3-11(13)16-12;/h2-11,21H,1H3;1-4,7-8H,5-6H2;1H4. The number of hydrogen-bond donors (Lipinski definition) is 1. The highest BCUT2D eigenvalue weighted by Gasteiger charge is 2.17. The van der Waals surface area contributed by atoms with Gasteiger partial charge in [-0.1, -0.05) is 35.5 Å². The third kappa shape index (κ3) is 6.28. The average molecular weight is 655 g/mol. The predicted molar refractivity (Wildman–Crippen MR) is 176 cm³/mol. The molecule has 1 N–H and O–H groups in total. The van der Waals surface area contributed by atoms with Gasteiger partial charge in [-0.3, -0.25) is 9.59 Å². The van der Waals surface area contributed by atoms with Gasteiger partial charge in [-0.2, -0.15) is 0 Å². The number of fused-ring (bicyclic) bond motifs is 4. The van der Waals surface area contributed by atoms with Gasteiger partial charge < -0.3 is 23.4 Å². The number of methoxy groups -OCH3 is 1. The number of rotatable bonds is 5. The van der Waals surface area contributed by atoms with Gasteiger partial charge in [-0.25, -0.2) is 4.98 Å². The molecule has 0 fully saturated rings. The smallest absolute Gasteiger partial charge is 0.182 e. The van der Waals surface area contributed by atoms with Crippen molar-refractivity contribution in [1.29, 1.82) is 0 Å². The lowest BCUT2D eigenvalue weighted by atomic mass is 9.94. The third-order valence-electron chi connectivity index (χ3n) is 6.72. The summed E-state index contributed by atoms with van der Waals surface area (Å²) in [7, 11) is 1.62. The van der Waals surface area contributed by atoms with Crippen LogP contribution in [0.15, 0.2) is 115 Å². The second kappa shape index (κ2) is 13.0. The second-order valence-electron chi connectivity index (χ2n) is 9.55. The van der Waals surface area contributed by atoms with Crippen LogP contribution >= 0.6 is 15.9 Å². The molecule has 2 heterocycles. The Kier molecular flexibility index (Phi) is 8.96. The van der Waals surface area contributed by atoms with Crippen molar-refractivity contribution >= 4 is 38.0 Å². The SMILES string of the molecule is C.COc1ccc(-c2c3ccc(=O)cc-3oc3cc(O)ccc23)cc1.O=c1ccc2nc3ccc(OCCBr)cc3oc-2c1. The van der Waals surface area contributed by atoms with E-state index in [1.54, 1.807) is 37.4 Å². The normalized spacial score (nSPS) is 10.8. The van der Waals surface area contributed by atoms with E-state index in [-0.39, 0.29) is 24.0 Å². The molecule has 2 aliphatic heterocycles. The minimum absolute atomic E-state index is 0. The van der Waals surface area contributed by atoms with Gasteiger partial charge in [-0.15, -0.1) is 0 Å². The molecule has 0 radical (unpaired) electrons. The Labute approximate surface area is 260 Å². The molecular formula is C35H28BrNO7. The molecule has 0 saturated heterocycles. The molecule has 0 bridgehead atoms. The van der Waals surface area contributed by atoms with Crippen molar-refractivity contribution in [3.63, 3.8) is 0 Å². The van der Waals surface area contributed by atoms with Crippen LogP contribution in [0.3, 0.4) is 0 Å². The van der Waals surface area contributed by atoms with Crippen molar-refractivity contribution < 1.29 is 23.4 Å². The van der Waals surface area contributed by atoms with E-state index in [9.17, 15) is 14.7 Å². The Balaban J connectivity index is 0.000000175. The zero-order valence-corrected chi connectivity index (χ0v) is 24.5. The van der Waals surface area contributed by atoms with Gasteiger partial charge in [0.15, 0.2) is 22.2 Å². The van der Waals surface area contributed by atoms with Crippen molar-refractivity contribution in [2.45, 2.75) is 7.43 Å². The first kappa shape index (κ1) is 30.3. The number of aromatic hydroxyl groups is 1. The summed E-state index contributed by atoms with van der Waals surface area (Å²) in [6.07, 6.45) is 0. The van der Waals surface area contributed by atoms with Gasteiger partial charge in [0.05, 0.1) is 13.7 Å². The van der Waals surface area contributed by atoms with Crippen LogP contribution in [0.1, 0.15) is 7.43 Å². The molecule has 0 aromatic heterocycles. The number of hydrogen-bond acceptors (Lipinski definition) is 8. The van der Waals surface area contributed by atoms with E-state index >= 15 is 0 Å². The fraction of sp³-hybridized carbons (Fsp3) is 0.114. The molecule has 0 saturated carbocycles. The molecule has 0 amide bonds. The molecule has 0 unspecified atom stereocenters. The van der Waals surface area contributed by atoms with Gasteiger partial charge in [0.1, 0.15) is 39.8 Å². The van der Waals surface area contributed by atoms with Gasteiger partial charge in [-0.05, 0) is 66.2 Å². The minimum atomic E-state index is -0.119. The Bertz CT molecular complexity index is 2120. The number of phenolic OH excluding ortho intramolecular Hbond substituents is 1. The van der Waals surface area contributed by atoms with E-state index in [0.717, 1.165) is 44.4 Å². The van der Waals surface area contributed by atoms with Gasteiger partial charge >= 0.3 is 0 Å². The van der Waals surface area contributed by atoms with Crippen LogP contribution in [0, 0.1) is 0 Å². The Morgan fingerprint density at radius 1 is 0.773 bits per heavy atom. The predicted octanol–water partition coefficient (Wildman–Crippen LogP) is 7.98. The summed E-state index contributed by atoms with van der Waals surface area (Å²) < 4.78 is 22.2. The molecule has 7 rings (SSSR count).